The molecule has 0 bridgehead atoms. The predicted molar refractivity (Wildman–Crippen MR) is 25.0 cm³/mol. The van der Waals surface area contributed by atoms with Gasteiger partial charge in [0.1, 0.15) is 12.4 Å². The zero-order chi connectivity index (χ0) is 7.28. The first-order valence-corrected chi connectivity index (χ1v) is 2.13. The number of hydrogen-bond acceptors (Lipinski definition) is 0. The Morgan fingerprint density at radius 1 is 1.33 bits per heavy atom. The lowest BCUT2D eigenvalue weighted by molar-refractivity contribution is 0.230. The third-order valence-corrected chi connectivity index (χ3v) is 0.525. The molecule has 0 aliphatic carbocycles. The maximum Gasteiger partial charge on any atom is 0.273 e. The summed E-state index contributed by atoms with van der Waals surface area (Å²) in [5, 5.41) is 9.53. The van der Waals surface area contributed by atoms with Crippen LogP contribution in [0.4, 0.5) is 13.2 Å². The Morgan fingerprint density at radius 3 is 2.22 bits per heavy atom. The second kappa shape index (κ2) is 4.14. The molecule has 0 fully saturated rings. The van der Waals surface area contributed by atoms with Crippen LogP contribution in [0.5, 0.6) is 0 Å². The van der Waals surface area contributed by atoms with E-state index in [1.165, 1.54) is 0 Å². The first-order valence-electron chi connectivity index (χ1n) is 2.13. The molecule has 0 N–H and O–H groups in total. The molecule has 1 nitrogen and oxygen atoms in total. The Kier molecular flexibility index (Phi) is 3.79. The summed E-state index contributed by atoms with van der Waals surface area (Å²) in [5.74, 6) is -1.19. The highest BCUT2D eigenvalue weighted by atomic mass is 19.3. The van der Waals surface area contributed by atoms with Crippen LogP contribution in [0.15, 0.2) is 24.1 Å². The second-order valence-electron chi connectivity index (χ2n) is 1.19. The maximum atomic E-state index is 11.8. The van der Waals surface area contributed by atoms with Gasteiger partial charge in [0.2, 0.25) is 0 Å². The summed E-state index contributed by atoms with van der Waals surface area (Å²) in [6, 6.07) is 0. The van der Waals surface area contributed by atoms with Crippen LogP contribution in [0.2, 0.25) is 0 Å². The van der Waals surface area contributed by atoms with E-state index in [-0.39, 0.29) is 6.08 Å². The van der Waals surface area contributed by atoms with Crippen LogP contribution in [-0.4, -0.2) is 6.61 Å². The highest BCUT2D eigenvalue weighted by molar-refractivity contribution is 5.10. The van der Waals surface area contributed by atoms with Gasteiger partial charge in [0, 0.05) is 6.08 Å². The summed E-state index contributed by atoms with van der Waals surface area (Å²) in [4.78, 5) is 0. The molecule has 0 atom stereocenters. The van der Waals surface area contributed by atoms with Crippen LogP contribution in [0.3, 0.4) is 0 Å². The predicted octanol–water partition coefficient (Wildman–Crippen LogP) is 2.05. The molecule has 0 aromatic carbocycles. The van der Waals surface area contributed by atoms with E-state index in [1.54, 1.807) is 0 Å². The zero-order valence-corrected chi connectivity index (χ0v) is 4.40. The fraction of sp³-hybridized carbons (Fsp3) is 0.200. The summed E-state index contributed by atoms with van der Waals surface area (Å²) in [7, 11) is 0. The molecule has 0 amide bonds. The summed E-state index contributed by atoms with van der Waals surface area (Å²) in [6.07, 6.45) is -1.62. The lowest BCUT2D eigenvalue weighted by atomic mass is 10.5. The molecule has 0 saturated heterocycles. The van der Waals surface area contributed by atoms with E-state index in [0.717, 1.165) is 0 Å². The van der Waals surface area contributed by atoms with Crippen molar-refractivity contribution in [1.29, 1.82) is 0 Å². The van der Waals surface area contributed by atoms with Crippen molar-refractivity contribution >= 4 is 0 Å². The lowest BCUT2D eigenvalue weighted by Gasteiger charge is -1.80. The minimum atomic E-state index is -2.14. The van der Waals surface area contributed by atoms with Crippen LogP contribution in [0, 0.1) is 0 Å². The van der Waals surface area contributed by atoms with E-state index in [0.29, 0.717) is 6.08 Å². The summed E-state index contributed by atoms with van der Waals surface area (Å²) >= 11 is 0. The molecule has 0 heterocycles. The van der Waals surface area contributed by atoms with Crippen LogP contribution < -0.4 is 0 Å². The molecule has 0 spiro atoms. The Morgan fingerprint density at radius 2 is 1.89 bits per heavy atom. The zero-order valence-electron chi connectivity index (χ0n) is 4.40. The van der Waals surface area contributed by atoms with Crippen LogP contribution in [-0.2, 0) is 5.11 Å². The van der Waals surface area contributed by atoms with Gasteiger partial charge >= 0.3 is 0 Å². The largest absolute Gasteiger partial charge is 0.273 e. The van der Waals surface area contributed by atoms with Crippen molar-refractivity contribution in [3.8, 4) is 0 Å². The summed E-state index contributed by atoms with van der Waals surface area (Å²) < 4.78 is 33.9. The van der Waals surface area contributed by atoms with Gasteiger partial charge in [-0.15, -0.1) is 0 Å². The molecular weight excluding hydrogens is 133 g/mol. The highest BCUT2D eigenvalue weighted by Gasteiger charge is 1.91. The molecule has 1 radical (unpaired) electrons. The van der Waals surface area contributed by atoms with E-state index < -0.39 is 18.5 Å². The van der Waals surface area contributed by atoms with Crippen LogP contribution in [0.25, 0.3) is 0 Å². The van der Waals surface area contributed by atoms with Gasteiger partial charge in [-0.2, -0.15) is 8.78 Å². The quantitative estimate of drug-likeness (QED) is 0.519. The molecular formula is C5H4F3O. The molecule has 9 heavy (non-hydrogen) atoms. The molecule has 0 rings (SSSR count). The third kappa shape index (κ3) is 5.10. The standard InChI is InChI=1S/C5H4F3O/c6-4(1-2-9)3-5(7)8/h1,3H,2H2. The van der Waals surface area contributed by atoms with Gasteiger partial charge in [-0.25, -0.2) is 9.50 Å². The molecule has 51 valence electrons. The van der Waals surface area contributed by atoms with Crippen molar-refractivity contribution in [2.75, 3.05) is 6.61 Å². The summed E-state index contributed by atoms with van der Waals surface area (Å²) in [5.41, 5.74) is 0. The normalized spacial score (nSPS) is 11.3. The first kappa shape index (κ1) is 8.23. The molecule has 0 aromatic heterocycles. The van der Waals surface area contributed by atoms with Gasteiger partial charge in [0.05, 0.1) is 0 Å². The second-order valence-corrected chi connectivity index (χ2v) is 1.19. The molecule has 0 unspecified atom stereocenters. The van der Waals surface area contributed by atoms with Gasteiger partial charge < -0.3 is 0 Å². The van der Waals surface area contributed by atoms with E-state index in [9.17, 15) is 18.3 Å². The molecule has 0 aromatic rings. The van der Waals surface area contributed by atoms with E-state index in [4.69, 9.17) is 0 Å². The van der Waals surface area contributed by atoms with Crippen molar-refractivity contribution in [3.63, 3.8) is 0 Å². The third-order valence-electron chi connectivity index (χ3n) is 0.525. The number of hydrogen-bond donors (Lipinski definition) is 0. The summed E-state index contributed by atoms with van der Waals surface area (Å²) in [6.45, 7) is -0.824. The van der Waals surface area contributed by atoms with Crippen molar-refractivity contribution in [3.05, 3.63) is 24.1 Å². The number of rotatable bonds is 2. The maximum absolute atomic E-state index is 11.8. The van der Waals surface area contributed by atoms with Crippen molar-refractivity contribution in [2.24, 2.45) is 0 Å². The van der Waals surface area contributed by atoms with E-state index in [2.05, 4.69) is 0 Å². The van der Waals surface area contributed by atoms with Crippen molar-refractivity contribution < 1.29 is 18.3 Å². The van der Waals surface area contributed by atoms with E-state index in [1.807, 2.05) is 0 Å². The molecule has 4 heteroatoms. The Hall–Kier alpha value is -0.770. The Bertz CT molecular complexity index is 135. The minimum absolute atomic E-state index is 0.00208. The average molecular weight is 137 g/mol. The van der Waals surface area contributed by atoms with Gasteiger partial charge in [0.25, 0.3) is 6.08 Å². The number of allylic oxidation sites excluding steroid dienone is 2. The molecule has 0 aliphatic rings. The molecule has 0 aliphatic heterocycles. The first-order chi connectivity index (χ1) is 4.16. The SMILES string of the molecule is [O]CC=C(F)C=C(F)F. The lowest BCUT2D eigenvalue weighted by Crippen LogP contribution is -1.72. The smallest absolute Gasteiger partial charge is 0.232 e. The monoisotopic (exact) mass is 137 g/mol. The Labute approximate surface area is 50.1 Å². The van der Waals surface area contributed by atoms with Gasteiger partial charge in [-0.3, -0.25) is 0 Å². The van der Waals surface area contributed by atoms with Gasteiger partial charge in [0.15, 0.2) is 0 Å². The van der Waals surface area contributed by atoms with Crippen molar-refractivity contribution in [1.82, 2.24) is 0 Å². The fourth-order valence-corrected chi connectivity index (χ4v) is 0.243. The average Bonchev–Trinajstić information content (AvgIpc) is 1.63. The van der Waals surface area contributed by atoms with Crippen molar-refractivity contribution in [2.45, 2.75) is 0 Å². The highest BCUT2D eigenvalue weighted by Crippen LogP contribution is 2.05. The van der Waals surface area contributed by atoms with Crippen LogP contribution in [0.1, 0.15) is 0 Å². The fourth-order valence-electron chi connectivity index (χ4n) is 0.243. The van der Waals surface area contributed by atoms with Crippen LogP contribution >= 0.6 is 0 Å². The molecule has 0 saturated carbocycles. The van der Waals surface area contributed by atoms with Gasteiger partial charge in [-0.1, -0.05) is 0 Å². The number of halogens is 3. The topological polar surface area (TPSA) is 19.9 Å². The van der Waals surface area contributed by atoms with Gasteiger partial charge in [-0.05, 0) is 6.08 Å². The minimum Gasteiger partial charge on any atom is -0.232 e. The Balaban J connectivity index is 3.90. The van der Waals surface area contributed by atoms with E-state index >= 15 is 0 Å².